The topological polar surface area (TPSA) is 22.3 Å². The number of aromatic nitrogens is 1. The van der Waals surface area contributed by atoms with E-state index in [1.807, 2.05) is 0 Å². The molecule has 1 fully saturated rings. The van der Waals surface area contributed by atoms with Gasteiger partial charge in [0.25, 0.3) is 0 Å². The Hall–Kier alpha value is -1.81. The second-order valence-corrected chi connectivity index (χ2v) is 8.55. The van der Waals surface area contributed by atoms with Crippen LogP contribution >= 0.6 is 12.4 Å². The summed E-state index contributed by atoms with van der Waals surface area (Å²) < 4.78 is 0. The van der Waals surface area contributed by atoms with Crippen LogP contribution in [0.25, 0.3) is 10.9 Å². The van der Waals surface area contributed by atoms with Gasteiger partial charge in [-0.05, 0) is 80.5 Å². The van der Waals surface area contributed by atoms with Crippen LogP contribution in [0.2, 0.25) is 0 Å². The number of nitrogens with zero attached hydrogens (tertiary/aromatic N) is 2. The lowest BCUT2D eigenvalue weighted by Gasteiger charge is -2.33. The van der Waals surface area contributed by atoms with Crippen molar-refractivity contribution in [1.29, 1.82) is 0 Å². The lowest BCUT2D eigenvalue weighted by molar-refractivity contribution is 0.187. The highest BCUT2D eigenvalue weighted by molar-refractivity contribution is 5.85. The third kappa shape index (κ3) is 4.53. The standard InChI is InChI=1S/C25H31N3.ClH/c1-2-7-22-19-28(17-10-20(22)6-1)14-5-13-27-15-11-21(12-16-27)24-18-26-25-9-4-3-8-23(24)25;/h1-4,6-9,18,21,26H,5,10-17,19H2;1H. The summed E-state index contributed by atoms with van der Waals surface area (Å²) in [6.45, 7) is 7.33. The summed E-state index contributed by atoms with van der Waals surface area (Å²) in [6, 6.07) is 17.7. The molecular weight excluding hydrogens is 378 g/mol. The first-order chi connectivity index (χ1) is 13.9. The second kappa shape index (κ2) is 9.34. The molecule has 1 saturated heterocycles. The molecule has 0 saturated carbocycles. The minimum atomic E-state index is 0. The Labute approximate surface area is 180 Å². The maximum atomic E-state index is 3.46. The van der Waals surface area contributed by atoms with Crippen molar-refractivity contribution < 1.29 is 0 Å². The summed E-state index contributed by atoms with van der Waals surface area (Å²) in [6.07, 6.45) is 7.34. The van der Waals surface area contributed by atoms with Crippen molar-refractivity contribution in [3.8, 4) is 0 Å². The van der Waals surface area contributed by atoms with E-state index in [2.05, 4.69) is 69.5 Å². The van der Waals surface area contributed by atoms with E-state index in [0.29, 0.717) is 5.92 Å². The summed E-state index contributed by atoms with van der Waals surface area (Å²) in [5, 5.41) is 1.42. The number of nitrogens with one attached hydrogen (secondary N) is 1. The van der Waals surface area contributed by atoms with E-state index in [4.69, 9.17) is 0 Å². The second-order valence-electron chi connectivity index (χ2n) is 8.55. The van der Waals surface area contributed by atoms with Crippen molar-refractivity contribution in [1.82, 2.24) is 14.8 Å². The Morgan fingerprint density at radius 1 is 0.828 bits per heavy atom. The average molecular weight is 410 g/mol. The molecule has 2 aliphatic rings. The molecule has 3 heterocycles. The fourth-order valence-electron chi connectivity index (χ4n) is 5.16. The van der Waals surface area contributed by atoms with E-state index in [-0.39, 0.29) is 12.4 Å². The molecular formula is C25H32ClN3. The number of rotatable bonds is 5. The summed E-state index contributed by atoms with van der Waals surface area (Å²) in [5.41, 5.74) is 5.90. The lowest BCUT2D eigenvalue weighted by Crippen LogP contribution is -2.36. The first kappa shape index (κ1) is 20.5. The van der Waals surface area contributed by atoms with E-state index in [9.17, 15) is 0 Å². The third-order valence-electron chi connectivity index (χ3n) is 6.81. The van der Waals surface area contributed by atoms with Gasteiger partial charge < -0.3 is 9.88 Å². The number of likely N-dealkylation sites (tertiary alicyclic amines) is 1. The van der Waals surface area contributed by atoms with Gasteiger partial charge >= 0.3 is 0 Å². The molecule has 2 aromatic carbocycles. The molecule has 0 amide bonds. The van der Waals surface area contributed by atoms with Crippen LogP contribution in [-0.2, 0) is 13.0 Å². The van der Waals surface area contributed by atoms with Crippen molar-refractivity contribution in [2.45, 2.75) is 38.1 Å². The Morgan fingerprint density at radius 2 is 1.55 bits per heavy atom. The van der Waals surface area contributed by atoms with E-state index in [1.165, 1.54) is 80.4 Å². The molecule has 29 heavy (non-hydrogen) atoms. The van der Waals surface area contributed by atoms with Crippen LogP contribution in [0.1, 0.15) is 41.9 Å². The molecule has 0 radical (unpaired) electrons. The number of hydrogen-bond donors (Lipinski definition) is 1. The van der Waals surface area contributed by atoms with Gasteiger partial charge in [-0.3, -0.25) is 4.90 Å². The first-order valence-corrected chi connectivity index (χ1v) is 10.9. The largest absolute Gasteiger partial charge is 0.361 e. The van der Waals surface area contributed by atoms with Gasteiger partial charge in [-0.15, -0.1) is 12.4 Å². The van der Waals surface area contributed by atoms with Crippen molar-refractivity contribution >= 4 is 23.3 Å². The third-order valence-corrected chi connectivity index (χ3v) is 6.81. The molecule has 1 aromatic heterocycles. The Bertz CT molecular complexity index is 926. The van der Waals surface area contributed by atoms with E-state index in [1.54, 1.807) is 5.56 Å². The highest BCUT2D eigenvalue weighted by atomic mass is 35.5. The van der Waals surface area contributed by atoms with Gasteiger partial charge in [0.1, 0.15) is 0 Å². The number of aromatic amines is 1. The number of H-pyrrole nitrogens is 1. The van der Waals surface area contributed by atoms with Crippen molar-refractivity contribution in [2.24, 2.45) is 0 Å². The van der Waals surface area contributed by atoms with E-state index < -0.39 is 0 Å². The van der Waals surface area contributed by atoms with Gasteiger partial charge in [0.2, 0.25) is 0 Å². The Kier molecular flexibility index (Phi) is 6.59. The van der Waals surface area contributed by atoms with Crippen molar-refractivity contribution in [3.05, 3.63) is 71.4 Å². The van der Waals surface area contributed by atoms with E-state index >= 15 is 0 Å². The molecule has 154 valence electrons. The first-order valence-electron chi connectivity index (χ1n) is 10.9. The number of hydrogen-bond acceptors (Lipinski definition) is 2. The number of piperidine rings is 1. The predicted octanol–water partition coefficient (Wildman–Crippen LogP) is 5.22. The fourth-order valence-corrected chi connectivity index (χ4v) is 5.16. The van der Waals surface area contributed by atoms with Crippen LogP contribution < -0.4 is 0 Å². The van der Waals surface area contributed by atoms with Crippen LogP contribution in [0.3, 0.4) is 0 Å². The molecule has 4 heteroatoms. The summed E-state index contributed by atoms with van der Waals surface area (Å²) in [4.78, 5) is 8.78. The fraction of sp³-hybridized carbons (Fsp3) is 0.440. The van der Waals surface area contributed by atoms with Gasteiger partial charge in [0, 0.05) is 30.2 Å². The van der Waals surface area contributed by atoms with Crippen LogP contribution in [0.5, 0.6) is 0 Å². The number of benzene rings is 2. The van der Waals surface area contributed by atoms with Crippen molar-refractivity contribution in [2.75, 3.05) is 32.7 Å². The lowest BCUT2D eigenvalue weighted by atomic mass is 9.89. The highest BCUT2D eigenvalue weighted by Gasteiger charge is 2.23. The molecule has 0 atom stereocenters. The van der Waals surface area contributed by atoms with Gasteiger partial charge in [-0.25, -0.2) is 0 Å². The van der Waals surface area contributed by atoms with E-state index in [0.717, 1.165) is 6.54 Å². The molecule has 0 bridgehead atoms. The summed E-state index contributed by atoms with van der Waals surface area (Å²) in [5.74, 6) is 0.714. The number of halogens is 1. The zero-order valence-corrected chi connectivity index (χ0v) is 18.0. The molecule has 1 N–H and O–H groups in total. The van der Waals surface area contributed by atoms with Crippen LogP contribution in [0, 0.1) is 0 Å². The van der Waals surface area contributed by atoms with Crippen molar-refractivity contribution in [3.63, 3.8) is 0 Å². The molecule has 0 aliphatic carbocycles. The Balaban J connectivity index is 0.00000205. The average Bonchev–Trinajstić information content (AvgIpc) is 3.18. The molecule has 3 nitrogen and oxygen atoms in total. The maximum Gasteiger partial charge on any atom is 0.0456 e. The maximum absolute atomic E-state index is 3.46. The molecule has 2 aliphatic heterocycles. The number of para-hydroxylation sites is 1. The normalized spacial score (nSPS) is 18.5. The summed E-state index contributed by atoms with van der Waals surface area (Å²) in [7, 11) is 0. The minimum Gasteiger partial charge on any atom is -0.361 e. The molecule has 0 unspecified atom stereocenters. The zero-order valence-electron chi connectivity index (χ0n) is 17.1. The van der Waals surface area contributed by atoms with Crippen LogP contribution in [0.4, 0.5) is 0 Å². The zero-order chi connectivity index (χ0) is 18.8. The van der Waals surface area contributed by atoms with Gasteiger partial charge in [-0.2, -0.15) is 0 Å². The van der Waals surface area contributed by atoms with Crippen LogP contribution in [-0.4, -0.2) is 47.5 Å². The van der Waals surface area contributed by atoms with Gasteiger partial charge in [-0.1, -0.05) is 42.5 Å². The van der Waals surface area contributed by atoms with Crippen LogP contribution in [0.15, 0.2) is 54.7 Å². The highest BCUT2D eigenvalue weighted by Crippen LogP contribution is 2.33. The molecule has 3 aromatic rings. The monoisotopic (exact) mass is 409 g/mol. The predicted molar refractivity (Wildman–Crippen MR) is 124 cm³/mol. The van der Waals surface area contributed by atoms with Gasteiger partial charge in [0.15, 0.2) is 0 Å². The summed E-state index contributed by atoms with van der Waals surface area (Å²) >= 11 is 0. The molecule has 0 spiro atoms. The quantitative estimate of drug-likeness (QED) is 0.624. The molecule has 5 rings (SSSR count). The Morgan fingerprint density at radius 3 is 2.41 bits per heavy atom. The number of fused-ring (bicyclic) bond motifs is 2. The SMILES string of the molecule is Cl.c1ccc2c(c1)CCN(CCCN1CCC(c3c[nH]c4ccccc34)CC1)C2. The minimum absolute atomic E-state index is 0. The van der Waals surface area contributed by atoms with Gasteiger partial charge in [0.05, 0.1) is 0 Å². The smallest absolute Gasteiger partial charge is 0.0456 e.